The first-order chi connectivity index (χ1) is 7.75. The molecule has 1 aromatic rings. The molecule has 1 aromatic heterocycles. The van der Waals surface area contributed by atoms with Gasteiger partial charge in [0.25, 0.3) is 5.91 Å². The summed E-state index contributed by atoms with van der Waals surface area (Å²) in [5.74, 6) is -0.197. The van der Waals surface area contributed by atoms with Crippen LogP contribution in [0.3, 0.4) is 0 Å². The van der Waals surface area contributed by atoms with E-state index < -0.39 is 5.63 Å². The highest BCUT2D eigenvalue weighted by molar-refractivity contribution is 5.93. The molecule has 0 radical (unpaired) electrons. The average molecular weight is 222 g/mol. The Morgan fingerprint density at radius 2 is 2.38 bits per heavy atom. The SMILES string of the molecule is O=C(N[C@H]1CCCNC1)c1ccc(=O)oc1. The number of amides is 1. The van der Waals surface area contributed by atoms with Gasteiger partial charge in [-0.05, 0) is 25.5 Å². The third-order valence-electron chi connectivity index (χ3n) is 2.60. The summed E-state index contributed by atoms with van der Waals surface area (Å²) in [6.45, 7) is 1.80. The lowest BCUT2D eigenvalue weighted by molar-refractivity contribution is 0.0928. The Kier molecular flexibility index (Phi) is 3.36. The van der Waals surface area contributed by atoms with Crippen molar-refractivity contribution < 1.29 is 9.21 Å². The predicted molar refractivity (Wildman–Crippen MR) is 58.3 cm³/mol. The van der Waals surface area contributed by atoms with Crippen molar-refractivity contribution in [1.29, 1.82) is 0 Å². The van der Waals surface area contributed by atoms with Gasteiger partial charge in [0.1, 0.15) is 6.26 Å². The zero-order valence-corrected chi connectivity index (χ0v) is 8.86. The molecule has 2 rings (SSSR count). The van der Waals surface area contributed by atoms with Crippen LogP contribution in [0, 0.1) is 0 Å². The molecule has 1 fully saturated rings. The molecular weight excluding hydrogens is 208 g/mol. The van der Waals surface area contributed by atoms with Gasteiger partial charge in [-0.2, -0.15) is 0 Å². The maximum absolute atomic E-state index is 11.7. The Morgan fingerprint density at radius 1 is 1.50 bits per heavy atom. The fraction of sp³-hybridized carbons (Fsp3) is 0.455. The molecular formula is C11H14N2O3. The maximum Gasteiger partial charge on any atom is 0.335 e. The van der Waals surface area contributed by atoms with E-state index in [9.17, 15) is 9.59 Å². The van der Waals surface area contributed by atoms with Gasteiger partial charge in [0, 0.05) is 18.7 Å². The van der Waals surface area contributed by atoms with Crippen LogP contribution in [-0.4, -0.2) is 25.0 Å². The van der Waals surface area contributed by atoms with Crippen molar-refractivity contribution >= 4 is 5.91 Å². The molecule has 1 aliphatic heterocycles. The number of hydrogen-bond donors (Lipinski definition) is 2. The van der Waals surface area contributed by atoms with Gasteiger partial charge in [-0.25, -0.2) is 4.79 Å². The van der Waals surface area contributed by atoms with Crippen LogP contribution in [0.1, 0.15) is 23.2 Å². The topological polar surface area (TPSA) is 71.3 Å². The first-order valence-electron chi connectivity index (χ1n) is 5.36. The van der Waals surface area contributed by atoms with Crippen molar-refractivity contribution in [2.45, 2.75) is 18.9 Å². The lowest BCUT2D eigenvalue weighted by Gasteiger charge is -2.23. The first-order valence-corrected chi connectivity index (χ1v) is 5.36. The Morgan fingerprint density at radius 3 is 3.00 bits per heavy atom. The Balaban J connectivity index is 1.96. The molecule has 0 aromatic carbocycles. The first kappa shape index (κ1) is 10.9. The third kappa shape index (κ3) is 2.70. The van der Waals surface area contributed by atoms with Crippen LogP contribution in [0.15, 0.2) is 27.6 Å². The van der Waals surface area contributed by atoms with Gasteiger partial charge in [-0.1, -0.05) is 0 Å². The molecule has 1 saturated heterocycles. The second-order valence-corrected chi connectivity index (χ2v) is 3.86. The number of piperidine rings is 1. The quantitative estimate of drug-likeness (QED) is 0.745. The summed E-state index contributed by atoms with van der Waals surface area (Å²) in [5, 5.41) is 6.10. The summed E-state index contributed by atoms with van der Waals surface area (Å²) in [5.41, 5.74) is -0.0685. The fourth-order valence-corrected chi connectivity index (χ4v) is 1.73. The molecule has 16 heavy (non-hydrogen) atoms. The molecule has 86 valence electrons. The molecule has 0 unspecified atom stereocenters. The van der Waals surface area contributed by atoms with Gasteiger partial charge < -0.3 is 15.1 Å². The highest BCUT2D eigenvalue weighted by Crippen LogP contribution is 2.03. The van der Waals surface area contributed by atoms with E-state index in [4.69, 9.17) is 0 Å². The van der Waals surface area contributed by atoms with Crippen molar-refractivity contribution in [3.63, 3.8) is 0 Å². The van der Waals surface area contributed by atoms with E-state index in [2.05, 4.69) is 15.1 Å². The summed E-state index contributed by atoms with van der Waals surface area (Å²) in [6.07, 6.45) is 3.23. The molecule has 0 bridgehead atoms. The molecule has 0 aliphatic carbocycles. The normalized spacial score (nSPS) is 20.4. The van der Waals surface area contributed by atoms with Gasteiger partial charge in [0.05, 0.1) is 5.56 Å². The maximum atomic E-state index is 11.7. The summed E-state index contributed by atoms with van der Waals surface area (Å²) >= 11 is 0. The molecule has 5 heteroatoms. The van der Waals surface area contributed by atoms with E-state index in [0.717, 1.165) is 25.9 Å². The Hall–Kier alpha value is -1.62. The van der Waals surface area contributed by atoms with Gasteiger partial charge in [-0.15, -0.1) is 0 Å². The molecule has 1 atom stereocenters. The standard InChI is InChI=1S/C11H14N2O3/c14-10-4-3-8(7-16-10)11(15)13-9-2-1-5-12-6-9/h3-4,7,9,12H,1-2,5-6H2,(H,13,15)/t9-/m0/s1. The third-order valence-corrected chi connectivity index (χ3v) is 2.60. The van der Waals surface area contributed by atoms with Crippen molar-refractivity contribution in [2.24, 2.45) is 0 Å². The molecule has 0 saturated carbocycles. The smallest absolute Gasteiger partial charge is 0.335 e. The van der Waals surface area contributed by atoms with Crippen LogP contribution in [0.4, 0.5) is 0 Å². The van der Waals surface area contributed by atoms with Crippen molar-refractivity contribution in [2.75, 3.05) is 13.1 Å². The summed E-state index contributed by atoms with van der Waals surface area (Å²) in [6, 6.07) is 2.87. The van der Waals surface area contributed by atoms with Crippen molar-refractivity contribution in [1.82, 2.24) is 10.6 Å². The molecule has 1 amide bonds. The summed E-state index contributed by atoms with van der Waals surface area (Å²) in [7, 11) is 0. The Labute approximate surface area is 92.8 Å². The van der Waals surface area contributed by atoms with E-state index in [0.29, 0.717) is 5.56 Å². The van der Waals surface area contributed by atoms with Crippen LogP contribution in [0.25, 0.3) is 0 Å². The largest absolute Gasteiger partial charge is 0.430 e. The number of carbonyl (C=O) groups is 1. The van der Waals surface area contributed by atoms with Gasteiger partial charge in [0.2, 0.25) is 0 Å². The lowest BCUT2D eigenvalue weighted by atomic mass is 10.1. The summed E-state index contributed by atoms with van der Waals surface area (Å²) < 4.78 is 4.64. The van der Waals surface area contributed by atoms with Crippen LogP contribution in [0.2, 0.25) is 0 Å². The predicted octanol–water partition coefficient (Wildman–Crippen LogP) is 0.122. The highest BCUT2D eigenvalue weighted by Gasteiger charge is 2.16. The van der Waals surface area contributed by atoms with E-state index in [-0.39, 0.29) is 11.9 Å². The van der Waals surface area contributed by atoms with Crippen LogP contribution >= 0.6 is 0 Å². The molecule has 2 heterocycles. The van der Waals surface area contributed by atoms with Crippen LogP contribution in [-0.2, 0) is 0 Å². The number of carbonyl (C=O) groups excluding carboxylic acids is 1. The van der Waals surface area contributed by atoms with E-state index in [1.165, 1.54) is 18.4 Å². The molecule has 5 nitrogen and oxygen atoms in total. The lowest BCUT2D eigenvalue weighted by Crippen LogP contribution is -2.45. The highest BCUT2D eigenvalue weighted by atomic mass is 16.4. The second-order valence-electron chi connectivity index (χ2n) is 3.86. The van der Waals surface area contributed by atoms with Gasteiger partial charge >= 0.3 is 5.63 Å². The number of hydrogen-bond acceptors (Lipinski definition) is 4. The fourth-order valence-electron chi connectivity index (χ4n) is 1.73. The zero-order chi connectivity index (χ0) is 11.4. The van der Waals surface area contributed by atoms with Crippen LogP contribution < -0.4 is 16.3 Å². The zero-order valence-electron chi connectivity index (χ0n) is 8.86. The minimum absolute atomic E-state index is 0.160. The van der Waals surface area contributed by atoms with Crippen LogP contribution in [0.5, 0.6) is 0 Å². The Bertz CT molecular complexity index is 401. The average Bonchev–Trinajstić information content (AvgIpc) is 2.31. The number of nitrogens with one attached hydrogen (secondary N) is 2. The minimum atomic E-state index is -0.448. The molecule has 0 spiro atoms. The number of rotatable bonds is 2. The van der Waals surface area contributed by atoms with Crippen molar-refractivity contribution in [3.8, 4) is 0 Å². The molecule has 2 N–H and O–H groups in total. The van der Waals surface area contributed by atoms with Crippen molar-refractivity contribution in [3.05, 3.63) is 34.4 Å². The van der Waals surface area contributed by atoms with E-state index in [1.54, 1.807) is 0 Å². The van der Waals surface area contributed by atoms with Gasteiger partial charge in [0.15, 0.2) is 0 Å². The second kappa shape index (κ2) is 4.94. The van der Waals surface area contributed by atoms with E-state index >= 15 is 0 Å². The van der Waals surface area contributed by atoms with E-state index in [1.807, 2.05) is 0 Å². The minimum Gasteiger partial charge on any atom is -0.430 e. The molecule has 1 aliphatic rings. The summed E-state index contributed by atoms with van der Waals surface area (Å²) in [4.78, 5) is 22.4. The monoisotopic (exact) mass is 222 g/mol. The van der Waals surface area contributed by atoms with Gasteiger partial charge in [-0.3, -0.25) is 4.79 Å².